The Balaban J connectivity index is 1.96. The van der Waals surface area contributed by atoms with E-state index in [1.807, 2.05) is 58.0 Å². The molecule has 6 nitrogen and oxygen atoms in total. The minimum atomic E-state index is -0.889. The number of esters is 1. The van der Waals surface area contributed by atoms with Crippen molar-refractivity contribution in [2.24, 2.45) is 5.16 Å². The number of ether oxygens (including phenoxy) is 1. The molecule has 0 bridgehead atoms. The van der Waals surface area contributed by atoms with Gasteiger partial charge in [0.05, 0.1) is 29.8 Å². The predicted molar refractivity (Wildman–Crippen MR) is 89.7 cm³/mol. The molecular formula is C17H22BNO5. The maximum Gasteiger partial charge on any atom is 0.472 e. The first kappa shape index (κ1) is 17.0. The SMILES string of the molecule is COC(=O)C1ON=C(c2ccccc2)C1B1OC(C)(C)C(C)(C)O1. The van der Waals surface area contributed by atoms with Crippen LogP contribution >= 0.6 is 0 Å². The summed E-state index contributed by atoms with van der Waals surface area (Å²) in [7, 11) is 0.675. The predicted octanol–water partition coefficient (Wildman–Crippen LogP) is 2.42. The van der Waals surface area contributed by atoms with Crippen LogP contribution in [0.25, 0.3) is 0 Å². The average Bonchev–Trinajstić information content (AvgIpc) is 3.06. The summed E-state index contributed by atoms with van der Waals surface area (Å²) in [6, 6.07) is 9.57. The van der Waals surface area contributed by atoms with Crippen molar-refractivity contribution < 1.29 is 23.7 Å². The van der Waals surface area contributed by atoms with Crippen LogP contribution in [0, 0.1) is 0 Å². The first-order valence-electron chi connectivity index (χ1n) is 7.99. The van der Waals surface area contributed by atoms with Crippen molar-refractivity contribution in [3.8, 4) is 0 Å². The minimum absolute atomic E-state index is 0.496. The van der Waals surface area contributed by atoms with Crippen molar-refractivity contribution in [1.82, 2.24) is 0 Å². The van der Waals surface area contributed by atoms with Gasteiger partial charge in [-0.15, -0.1) is 0 Å². The largest absolute Gasteiger partial charge is 0.472 e. The lowest BCUT2D eigenvalue weighted by molar-refractivity contribution is -0.152. The molecule has 2 heterocycles. The third-order valence-electron chi connectivity index (χ3n) is 4.97. The fourth-order valence-corrected chi connectivity index (χ4v) is 2.85. The molecule has 128 valence electrons. The topological polar surface area (TPSA) is 66.4 Å². The van der Waals surface area contributed by atoms with Crippen LogP contribution in [-0.2, 0) is 23.7 Å². The summed E-state index contributed by atoms with van der Waals surface area (Å²) in [6.45, 7) is 7.87. The van der Waals surface area contributed by atoms with Crippen LogP contribution in [-0.4, -0.2) is 43.2 Å². The molecule has 0 aliphatic carbocycles. The molecule has 7 heteroatoms. The van der Waals surface area contributed by atoms with Gasteiger partial charge in [0.15, 0.2) is 0 Å². The van der Waals surface area contributed by atoms with Gasteiger partial charge in [-0.2, -0.15) is 0 Å². The molecule has 0 saturated carbocycles. The molecule has 2 aliphatic rings. The normalized spacial score (nSPS) is 27.5. The van der Waals surface area contributed by atoms with Crippen LogP contribution < -0.4 is 0 Å². The Kier molecular flexibility index (Phi) is 4.17. The minimum Gasteiger partial charge on any atom is -0.466 e. The summed E-state index contributed by atoms with van der Waals surface area (Å²) in [6.07, 6.45) is -0.889. The first-order valence-corrected chi connectivity index (χ1v) is 7.99. The molecule has 0 N–H and O–H groups in total. The van der Waals surface area contributed by atoms with Crippen molar-refractivity contribution >= 4 is 18.8 Å². The Bertz CT molecular complexity index is 642. The van der Waals surface area contributed by atoms with Crippen molar-refractivity contribution in [1.29, 1.82) is 0 Å². The lowest BCUT2D eigenvalue weighted by Crippen LogP contribution is -2.41. The van der Waals surface area contributed by atoms with Gasteiger partial charge >= 0.3 is 13.1 Å². The van der Waals surface area contributed by atoms with E-state index in [0.29, 0.717) is 5.71 Å². The van der Waals surface area contributed by atoms with Gasteiger partial charge in [-0.3, -0.25) is 0 Å². The van der Waals surface area contributed by atoms with Crippen molar-refractivity contribution in [2.45, 2.75) is 50.8 Å². The Morgan fingerprint density at radius 2 is 1.71 bits per heavy atom. The quantitative estimate of drug-likeness (QED) is 0.629. The summed E-state index contributed by atoms with van der Waals surface area (Å²) in [5.41, 5.74) is 0.471. The van der Waals surface area contributed by atoms with Crippen LogP contribution in [0.15, 0.2) is 35.5 Å². The van der Waals surface area contributed by atoms with E-state index in [4.69, 9.17) is 18.9 Å². The van der Waals surface area contributed by atoms with E-state index in [2.05, 4.69) is 5.16 Å². The van der Waals surface area contributed by atoms with Gasteiger partial charge in [-0.05, 0) is 33.3 Å². The Morgan fingerprint density at radius 1 is 1.12 bits per heavy atom. The maximum atomic E-state index is 12.1. The van der Waals surface area contributed by atoms with Crippen LogP contribution in [0.4, 0.5) is 0 Å². The first-order chi connectivity index (χ1) is 11.3. The molecule has 1 aromatic rings. The van der Waals surface area contributed by atoms with Gasteiger partial charge in [0, 0.05) is 0 Å². The molecule has 24 heavy (non-hydrogen) atoms. The zero-order chi connectivity index (χ0) is 17.5. The summed E-state index contributed by atoms with van der Waals surface area (Å²) in [5.74, 6) is -0.995. The number of nitrogens with zero attached hydrogens (tertiary/aromatic N) is 1. The highest BCUT2D eigenvalue weighted by Gasteiger charge is 2.60. The number of benzene rings is 1. The van der Waals surface area contributed by atoms with Crippen LogP contribution in [0.5, 0.6) is 0 Å². The zero-order valence-corrected chi connectivity index (χ0v) is 14.6. The number of oxime groups is 1. The van der Waals surface area contributed by atoms with Crippen molar-refractivity contribution in [3.05, 3.63) is 35.9 Å². The number of hydrogen-bond donors (Lipinski definition) is 0. The van der Waals surface area contributed by atoms with Crippen LogP contribution in [0.1, 0.15) is 33.3 Å². The molecule has 0 radical (unpaired) electrons. The molecule has 1 saturated heterocycles. The summed E-state index contributed by atoms with van der Waals surface area (Å²) >= 11 is 0. The highest BCUT2D eigenvalue weighted by Crippen LogP contribution is 2.44. The van der Waals surface area contributed by atoms with Gasteiger partial charge in [0.2, 0.25) is 6.10 Å². The monoisotopic (exact) mass is 331 g/mol. The van der Waals surface area contributed by atoms with Gasteiger partial charge < -0.3 is 18.9 Å². The van der Waals surface area contributed by atoms with Gasteiger partial charge in [-0.25, -0.2) is 4.79 Å². The van der Waals surface area contributed by atoms with E-state index in [9.17, 15) is 4.79 Å². The fraction of sp³-hybridized carbons (Fsp3) is 0.529. The third kappa shape index (κ3) is 2.72. The Labute approximate surface area is 142 Å². The zero-order valence-electron chi connectivity index (χ0n) is 14.6. The maximum absolute atomic E-state index is 12.1. The summed E-state index contributed by atoms with van der Waals surface area (Å²) in [5, 5.41) is 4.13. The van der Waals surface area contributed by atoms with E-state index in [1.54, 1.807) is 0 Å². The Hall–Kier alpha value is -1.86. The number of carbonyl (C=O) groups is 1. The van der Waals surface area contributed by atoms with E-state index in [-0.39, 0.29) is 0 Å². The molecule has 0 amide bonds. The molecule has 2 unspecified atom stereocenters. The standard InChI is InChI=1S/C17H22BNO5/c1-16(2)17(3,4)24-18(23-16)12-13(11-9-7-6-8-10-11)19-22-14(12)15(20)21-5/h6-10,12,14H,1-5H3. The third-order valence-corrected chi connectivity index (χ3v) is 4.97. The van der Waals surface area contributed by atoms with E-state index in [1.165, 1.54) is 7.11 Å². The lowest BCUT2D eigenvalue weighted by atomic mass is 9.65. The summed E-state index contributed by atoms with van der Waals surface area (Å²) < 4.78 is 17.1. The highest BCUT2D eigenvalue weighted by atomic mass is 16.7. The molecular weight excluding hydrogens is 309 g/mol. The van der Waals surface area contributed by atoms with Gasteiger partial charge in [0.1, 0.15) is 0 Å². The van der Waals surface area contributed by atoms with Gasteiger partial charge in [0.25, 0.3) is 0 Å². The van der Waals surface area contributed by atoms with E-state index < -0.39 is 36.2 Å². The molecule has 2 atom stereocenters. The molecule has 1 aromatic carbocycles. The second kappa shape index (κ2) is 5.90. The van der Waals surface area contributed by atoms with E-state index in [0.717, 1.165) is 5.56 Å². The second-order valence-corrected chi connectivity index (χ2v) is 7.04. The molecule has 2 aliphatic heterocycles. The van der Waals surface area contributed by atoms with Crippen LogP contribution in [0.2, 0.25) is 5.82 Å². The van der Waals surface area contributed by atoms with Crippen LogP contribution in [0.3, 0.4) is 0 Å². The lowest BCUT2D eigenvalue weighted by Gasteiger charge is -2.32. The second-order valence-electron chi connectivity index (χ2n) is 7.04. The molecule has 0 aromatic heterocycles. The molecule has 3 rings (SSSR count). The van der Waals surface area contributed by atoms with Gasteiger partial charge in [-0.1, -0.05) is 35.5 Å². The smallest absolute Gasteiger partial charge is 0.466 e. The average molecular weight is 331 g/mol. The molecule has 1 fully saturated rings. The Morgan fingerprint density at radius 3 is 2.25 bits per heavy atom. The number of rotatable bonds is 3. The highest BCUT2D eigenvalue weighted by molar-refractivity contribution is 6.55. The fourth-order valence-electron chi connectivity index (χ4n) is 2.85. The number of methoxy groups -OCH3 is 1. The van der Waals surface area contributed by atoms with E-state index >= 15 is 0 Å². The van der Waals surface area contributed by atoms with Crippen molar-refractivity contribution in [3.63, 3.8) is 0 Å². The van der Waals surface area contributed by atoms with Crippen molar-refractivity contribution in [2.75, 3.05) is 7.11 Å². The number of hydrogen-bond acceptors (Lipinski definition) is 6. The summed E-state index contributed by atoms with van der Waals surface area (Å²) in [4.78, 5) is 17.5. The molecule has 0 spiro atoms. The number of carbonyl (C=O) groups excluding carboxylic acids is 1.